The minimum absolute atomic E-state index is 0.634. The van der Waals surface area contributed by atoms with Crippen LogP contribution in [-0.2, 0) is 7.05 Å². The molecule has 1 heterocycles. The van der Waals surface area contributed by atoms with Gasteiger partial charge in [-0.1, -0.05) is 31.4 Å². The summed E-state index contributed by atoms with van der Waals surface area (Å²) in [7, 11) is 1.99. The van der Waals surface area contributed by atoms with E-state index in [0.29, 0.717) is 5.92 Å². The maximum atomic E-state index is 6.04. The fraction of sp³-hybridized carbons (Fsp3) is 0.500. The van der Waals surface area contributed by atoms with E-state index in [9.17, 15) is 0 Å². The lowest BCUT2D eigenvalue weighted by atomic mass is 9.86. The van der Waals surface area contributed by atoms with Gasteiger partial charge >= 0.3 is 0 Å². The number of anilines is 1. The zero-order valence-corrected chi connectivity index (χ0v) is 10.3. The van der Waals surface area contributed by atoms with Crippen molar-refractivity contribution in [2.45, 2.75) is 38.0 Å². The minimum atomic E-state index is 0.634. The molecule has 0 spiro atoms. The third-order valence-electron chi connectivity index (χ3n) is 3.92. The zero-order valence-electron chi connectivity index (χ0n) is 10.3. The standard InChI is InChI=1S/C14H19N3/c1-17-14-11(8-5-9-12(14)15)13(16-17)10-6-3-2-4-7-10/h5,8-10H,2-4,6-7,15H2,1H3. The molecule has 1 aromatic carbocycles. The predicted molar refractivity (Wildman–Crippen MR) is 71.0 cm³/mol. The second-order valence-electron chi connectivity index (χ2n) is 5.09. The number of rotatable bonds is 1. The van der Waals surface area contributed by atoms with E-state index in [-0.39, 0.29) is 0 Å². The van der Waals surface area contributed by atoms with Gasteiger partial charge in [-0.2, -0.15) is 5.10 Å². The Balaban J connectivity index is 2.13. The highest BCUT2D eigenvalue weighted by Crippen LogP contribution is 2.36. The van der Waals surface area contributed by atoms with E-state index in [2.05, 4.69) is 6.07 Å². The van der Waals surface area contributed by atoms with Gasteiger partial charge in [-0.15, -0.1) is 0 Å². The molecule has 0 bridgehead atoms. The SMILES string of the molecule is Cn1nc(C2CCCCC2)c2cccc(N)c21. The summed E-state index contributed by atoms with van der Waals surface area (Å²) < 4.78 is 1.94. The van der Waals surface area contributed by atoms with Crippen LogP contribution in [0.15, 0.2) is 18.2 Å². The van der Waals surface area contributed by atoms with Gasteiger partial charge < -0.3 is 5.73 Å². The molecule has 17 heavy (non-hydrogen) atoms. The molecule has 2 aromatic rings. The van der Waals surface area contributed by atoms with Crippen molar-refractivity contribution in [2.75, 3.05) is 5.73 Å². The molecule has 2 N–H and O–H groups in total. The number of nitrogens with zero attached hydrogens (tertiary/aromatic N) is 2. The average Bonchev–Trinajstić information content (AvgIpc) is 2.69. The van der Waals surface area contributed by atoms with Gasteiger partial charge in [0.15, 0.2) is 0 Å². The molecular formula is C14H19N3. The maximum absolute atomic E-state index is 6.04. The van der Waals surface area contributed by atoms with E-state index in [1.807, 2.05) is 23.9 Å². The number of fused-ring (bicyclic) bond motifs is 1. The smallest absolute Gasteiger partial charge is 0.0911 e. The Morgan fingerprint density at radius 2 is 2.00 bits per heavy atom. The Morgan fingerprint density at radius 1 is 1.24 bits per heavy atom. The summed E-state index contributed by atoms with van der Waals surface area (Å²) in [6.07, 6.45) is 6.61. The van der Waals surface area contributed by atoms with E-state index in [0.717, 1.165) is 11.2 Å². The molecule has 1 aliphatic carbocycles. The van der Waals surface area contributed by atoms with Crippen molar-refractivity contribution in [1.29, 1.82) is 0 Å². The van der Waals surface area contributed by atoms with E-state index < -0.39 is 0 Å². The lowest BCUT2D eigenvalue weighted by Gasteiger charge is -2.19. The quantitative estimate of drug-likeness (QED) is 0.763. The third-order valence-corrected chi connectivity index (χ3v) is 3.92. The van der Waals surface area contributed by atoms with E-state index in [1.165, 1.54) is 43.2 Å². The minimum Gasteiger partial charge on any atom is -0.397 e. The first kappa shape index (κ1) is 10.6. The highest BCUT2D eigenvalue weighted by molar-refractivity contribution is 5.92. The summed E-state index contributed by atoms with van der Waals surface area (Å²) in [6, 6.07) is 6.14. The van der Waals surface area contributed by atoms with Crippen molar-refractivity contribution in [1.82, 2.24) is 9.78 Å². The molecule has 0 amide bonds. The van der Waals surface area contributed by atoms with Gasteiger partial charge in [-0.3, -0.25) is 4.68 Å². The van der Waals surface area contributed by atoms with E-state index in [4.69, 9.17) is 10.8 Å². The first-order valence-corrected chi connectivity index (χ1v) is 6.48. The summed E-state index contributed by atoms with van der Waals surface area (Å²) in [5, 5.41) is 5.96. The topological polar surface area (TPSA) is 43.8 Å². The lowest BCUT2D eigenvalue weighted by Crippen LogP contribution is -2.06. The largest absolute Gasteiger partial charge is 0.397 e. The fourth-order valence-corrected chi connectivity index (χ4v) is 3.07. The molecule has 0 aliphatic heterocycles. The van der Waals surface area contributed by atoms with Gasteiger partial charge in [0.05, 0.1) is 16.9 Å². The summed E-state index contributed by atoms with van der Waals surface area (Å²) in [6.45, 7) is 0. The van der Waals surface area contributed by atoms with Gasteiger partial charge in [-0.05, 0) is 18.9 Å². The molecule has 90 valence electrons. The zero-order chi connectivity index (χ0) is 11.8. The van der Waals surface area contributed by atoms with Gasteiger partial charge in [-0.25, -0.2) is 0 Å². The van der Waals surface area contributed by atoms with Crippen molar-refractivity contribution in [2.24, 2.45) is 7.05 Å². The van der Waals surface area contributed by atoms with Crippen molar-refractivity contribution < 1.29 is 0 Å². The Labute approximate surface area is 102 Å². The van der Waals surface area contributed by atoms with Gasteiger partial charge in [0.25, 0.3) is 0 Å². The maximum Gasteiger partial charge on any atom is 0.0911 e. The van der Waals surface area contributed by atoms with Crippen LogP contribution in [0.25, 0.3) is 10.9 Å². The number of aromatic nitrogens is 2. The van der Waals surface area contributed by atoms with Crippen LogP contribution in [0.1, 0.15) is 43.7 Å². The second-order valence-corrected chi connectivity index (χ2v) is 5.09. The first-order valence-electron chi connectivity index (χ1n) is 6.48. The number of hydrogen-bond donors (Lipinski definition) is 1. The predicted octanol–water partition coefficient (Wildman–Crippen LogP) is 3.20. The summed E-state index contributed by atoms with van der Waals surface area (Å²) in [5.41, 5.74) is 9.22. The number of para-hydroxylation sites is 1. The highest BCUT2D eigenvalue weighted by atomic mass is 15.3. The number of benzene rings is 1. The molecule has 3 heteroatoms. The van der Waals surface area contributed by atoms with Crippen LogP contribution in [0.4, 0.5) is 5.69 Å². The monoisotopic (exact) mass is 229 g/mol. The van der Waals surface area contributed by atoms with Crippen LogP contribution < -0.4 is 5.73 Å². The second kappa shape index (κ2) is 4.06. The molecule has 1 aromatic heterocycles. The average molecular weight is 229 g/mol. The number of hydrogen-bond acceptors (Lipinski definition) is 2. The molecule has 3 rings (SSSR count). The molecule has 0 radical (unpaired) electrons. The van der Waals surface area contributed by atoms with Crippen LogP contribution in [0, 0.1) is 0 Å². The van der Waals surface area contributed by atoms with Crippen LogP contribution in [0.5, 0.6) is 0 Å². The van der Waals surface area contributed by atoms with E-state index >= 15 is 0 Å². The molecule has 0 saturated heterocycles. The Kier molecular flexibility index (Phi) is 2.54. The fourth-order valence-electron chi connectivity index (χ4n) is 3.07. The van der Waals surface area contributed by atoms with E-state index in [1.54, 1.807) is 0 Å². The lowest BCUT2D eigenvalue weighted by molar-refractivity contribution is 0.435. The summed E-state index contributed by atoms with van der Waals surface area (Å²) in [4.78, 5) is 0. The van der Waals surface area contributed by atoms with Gasteiger partial charge in [0.2, 0.25) is 0 Å². The molecular weight excluding hydrogens is 210 g/mol. The molecule has 3 nitrogen and oxygen atoms in total. The molecule has 0 atom stereocenters. The number of aryl methyl sites for hydroxylation is 1. The molecule has 1 aliphatic rings. The summed E-state index contributed by atoms with van der Waals surface area (Å²) >= 11 is 0. The molecule has 0 unspecified atom stereocenters. The van der Waals surface area contributed by atoms with Gasteiger partial charge in [0, 0.05) is 18.4 Å². The first-order chi connectivity index (χ1) is 8.27. The summed E-state index contributed by atoms with van der Waals surface area (Å²) in [5.74, 6) is 0.634. The normalized spacial score (nSPS) is 17.7. The van der Waals surface area contributed by atoms with Gasteiger partial charge in [0.1, 0.15) is 0 Å². The number of nitrogen functional groups attached to an aromatic ring is 1. The van der Waals surface area contributed by atoms with Crippen LogP contribution in [-0.4, -0.2) is 9.78 Å². The Bertz CT molecular complexity index is 536. The third kappa shape index (κ3) is 1.70. The van der Waals surface area contributed by atoms with Crippen LogP contribution in [0.2, 0.25) is 0 Å². The van der Waals surface area contributed by atoms with Crippen LogP contribution in [0.3, 0.4) is 0 Å². The highest BCUT2D eigenvalue weighted by Gasteiger charge is 2.21. The molecule has 1 fully saturated rings. The van der Waals surface area contributed by atoms with Crippen molar-refractivity contribution >= 4 is 16.6 Å². The number of nitrogens with two attached hydrogens (primary N) is 1. The van der Waals surface area contributed by atoms with Crippen LogP contribution >= 0.6 is 0 Å². The Hall–Kier alpha value is -1.51. The molecule has 1 saturated carbocycles. The van der Waals surface area contributed by atoms with Crippen molar-refractivity contribution in [3.8, 4) is 0 Å². The van der Waals surface area contributed by atoms with Crippen molar-refractivity contribution in [3.63, 3.8) is 0 Å². The van der Waals surface area contributed by atoms with Crippen molar-refractivity contribution in [3.05, 3.63) is 23.9 Å². The Morgan fingerprint density at radius 3 is 2.76 bits per heavy atom.